The Morgan fingerprint density at radius 1 is 1.25 bits per heavy atom. The molecule has 0 saturated carbocycles. The van der Waals surface area contributed by atoms with Gasteiger partial charge in [0.2, 0.25) is 0 Å². The number of carboxylic acid groups (broad SMARTS) is 1. The molecule has 13 heteroatoms. The van der Waals surface area contributed by atoms with Gasteiger partial charge >= 0.3 is 12.1 Å². The molecule has 0 aliphatic carbocycles. The Morgan fingerprint density at radius 2 is 1.89 bits per heavy atom. The summed E-state index contributed by atoms with van der Waals surface area (Å²) in [6.07, 6.45) is -2.29. The number of carbonyl (C=O) groups excluding carboxylic acids is 1. The lowest BCUT2D eigenvalue weighted by molar-refractivity contribution is -0.192. The number of carbonyl (C=O) groups is 2. The molecular weight excluding hydrogens is 410 g/mol. The second-order valence-corrected chi connectivity index (χ2v) is 5.48. The highest BCUT2D eigenvalue weighted by Crippen LogP contribution is 2.27. The first-order valence-corrected chi connectivity index (χ1v) is 7.52. The van der Waals surface area contributed by atoms with Crippen LogP contribution in [-0.4, -0.2) is 38.1 Å². The van der Waals surface area contributed by atoms with Crippen molar-refractivity contribution in [1.82, 2.24) is 15.0 Å². The summed E-state index contributed by atoms with van der Waals surface area (Å²) in [5.41, 5.74) is 6.58. The molecule has 5 N–H and O–H groups in total. The van der Waals surface area contributed by atoms with Crippen molar-refractivity contribution in [3.05, 3.63) is 47.1 Å². The number of aromatic amines is 1. The molecule has 0 unspecified atom stereocenters. The third-order valence-electron chi connectivity index (χ3n) is 3.16. The number of fused-ring (bicyclic) bond motifs is 1. The van der Waals surface area contributed by atoms with Crippen molar-refractivity contribution in [3.8, 4) is 0 Å². The normalized spacial score (nSPS) is 10.9. The van der Waals surface area contributed by atoms with E-state index in [1.165, 1.54) is 30.7 Å². The van der Waals surface area contributed by atoms with Crippen LogP contribution in [0.3, 0.4) is 0 Å². The van der Waals surface area contributed by atoms with E-state index in [1.54, 1.807) is 0 Å². The molecule has 0 bridgehead atoms. The van der Waals surface area contributed by atoms with Crippen molar-refractivity contribution >= 4 is 46.0 Å². The SMILES string of the molecule is NC(=O)c1c[nH]c2ncnc(Nc3ccc(F)c(Cl)c3)c12.O=C(O)C(F)(F)F. The van der Waals surface area contributed by atoms with Crippen LogP contribution >= 0.6 is 11.6 Å². The van der Waals surface area contributed by atoms with Crippen LogP contribution in [0.4, 0.5) is 29.1 Å². The topological polar surface area (TPSA) is 134 Å². The lowest BCUT2D eigenvalue weighted by Gasteiger charge is -2.08. The predicted octanol–water partition coefficient (Wildman–Crippen LogP) is 3.23. The van der Waals surface area contributed by atoms with Crippen LogP contribution in [0.25, 0.3) is 11.0 Å². The van der Waals surface area contributed by atoms with Gasteiger partial charge in [0.05, 0.1) is 16.0 Å². The average molecular weight is 420 g/mol. The van der Waals surface area contributed by atoms with E-state index in [1.807, 2.05) is 0 Å². The maximum Gasteiger partial charge on any atom is 0.490 e. The first-order chi connectivity index (χ1) is 13.0. The fraction of sp³-hybridized carbons (Fsp3) is 0.0667. The Labute approximate surface area is 158 Å². The number of nitrogens with two attached hydrogens (primary N) is 1. The second kappa shape index (κ2) is 8.08. The fourth-order valence-corrected chi connectivity index (χ4v) is 2.14. The van der Waals surface area contributed by atoms with E-state index in [0.717, 1.165) is 0 Å². The van der Waals surface area contributed by atoms with Crippen LogP contribution in [0.15, 0.2) is 30.7 Å². The number of hydrogen-bond donors (Lipinski definition) is 4. The van der Waals surface area contributed by atoms with Gasteiger partial charge in [0.25, 0.3) is 5.91 Å². The molecule has 3 rings (SSSR count). The monoisotopic (exact) mass is 419 g/mol. The number of aliphatic carboxylic acids is 1. The fourth-order valence-electron chi connectivity index (χ4n) is 1.96. The van der Waals surface area contributed by atoms with E-state index in [-0.39, 0.29) is 10.6 Å². The summed E-state index contributed by atoms with van der Waals surface area (Å²) in [4.78, 5) is 31.3. The Morgan fingerprint density at radius 3 is 2.43 bits per heavy atom. The molecule has 0 spiro atoms. The smallest absolute Gasteiger partial charge is 0.475 e. The minimum absolute atomic E-state index is 0.0190. The van der Waals surface area contributed by atoms with Crippen molar-refractivity contribution < 1.29 is 32.3 Å². The Bertz CT molecular complexity index is 1040. The van der Waals surface area contributed by atoms with E-state index in [2.05, 4.69) is 20.3 Å². The summed E-state index contributed by atoms with van der Waals surface area (Å²) in [7, 11) is 0. The molecule has 0 atom stereocenters. The number of halogens is 5. The summed E-state index contributed by atoms with van der Waals surface area (Å²) < 4.78 is 44.9. The molecule has 1 amide bonds. The van der Waals surface area contributed by atoms with E-state index in [9.17, 15) is 22.4 Å². The molecule has 0 aliphatic heterocycles. The molecular formula is C15H10ClF4N5O3. The van der Waals surface area contributed by atoms with Gasteiger partial charge < -0.3 is 21.1 Å². The first-order valence-electron chi connectivity index (χ1n) is 7.14. The number of aromatic nitrogens is 3. The van der Waals surface area contributed by atoms with Crippen LogP contribution < -0.4 is 11.1 Å². The van der Waals surface area contributed by atoms with E-state index >= 15 is 0 Å². The third-order valence-corrected chi connectivity index (χ3v) is 3.45. The standard InChI is InChI=1S/C13H9ClFN5O.C2HF3O2/c14-8-3-6(1-2-9(8)15)20-13-10-7(11(16)21)4-17-12(10)18-5-19-13;3-2(4,5)1(6)7/h1-5H,(H2,16,21)(H2,17,18,19,20);(H,6,7). The number of H-pyrrole nitrogens is 1. The number of benzene rings is 1. The van der Waals surface area contributed by atoms with Crippen molar-refractivity contribution in [2.45, 2.75) is 6.18 Å². The van der Waals surface area contributed by atoms with Gasteiger partial charge in [-0.1, -0.05) is 11.6 Å². The minimum atomic E-state index is -5.08. The van der Waals surface area contributed by atoms with Gasteiger partial charge in [-0.2, -0.15) is 13.2 Å². The van der Waals surface area contributed by atoms with Gasteiger partial charge in [-0.3, -0.25) is 4.79 Å². The van der Waals surface area contributed by atoms with Crippen LogP contribution in [-0.2, 0) is 4.79 Å². The van der Waals surface area contributed by atoms with Crippen LogP contribution in [0, 0.1) is 5.82 Å². The van der Waals surface area contributed by atoms with Crippen LogP contribution in [0.1, 0.15) is 10.4 Å². The zero-order valence-corrected chi connectivity index (χ0v) is 14.3. The van der Waals surface area contributed by atoms with Gasteiger partial charge in [-0.05, 0) is 18.2 Å². The number of carboxylic acids is 1. The predicted molar refractivity (Wildman–Crippen MR) is 90.8 cm³/mol. The van der Waals surface area contributed by atoms with Crippen molar-refractivity contribution in [1.29, 1.82) is 0 Å². The highest BCUT2D eigenvalue weighted by molar-refractivity contribution is 6.31. The van der Waals surface area contributed by atoms with Crippen LogP contribution in [0.2, 0.25) is 5.02 Å². The number of nitrogens with one attached hydrogen (secondary N) is 2. The highest BCUT2D eigenvalue weighted by atomic mass is 35.5. The summed E-state index contributed by atoms with van der Waals surface area (Å²) in [5.74, 6) is -3.50. The molecule has 2 heterocycles. The molecule has 148 valence electrons. The quantitative estimate of drug-likeness (QED) is 0.481. The highest BCUT2D eigenvalue weighted by Gasteiger charge is 2.38. The van der Waals surface area contributed by atoms with E-state index in [4.69, 9.17) is 27.2 Å². The zero-order chi connectivity index (χ0) is 21.1. The van der Waals surface area contributed by atoms with Crippen LogP contribution in [0.5, 0.6) is 0 Å². The molecule has 3 aromatic rings. The molecule has 0 aliphatic rings. The summed E-state index contributed by atoms with van der Waals surface area (Å²) in [6.45, 7) is 0. The van der Waals surface area contributed by atoms with E-state index in [0.29, 0.717) is 22.5 Å². The first kappa shape index (κ1) is 20.9. The van der Waals surface area contributed by atoms with E-state index < -0.39 is 23.9 Å². The summed E-state index contributed by atoms with van der Waals surface area (Å²) in [5, 5.41) is 10.5. The van der Waals surface area contributed by atoms with Gasteiger partial charge in [0, 0.05) is 11.9 Å². The summed E-state index contributed by atoms with van der Waals surface area (Å²) >= 11 is 5.73. The van der Waals surface area contributed by atoms with Gasteiger partial charge in [-0.15, -0.1) is 0 Å². The van der Waals surface area contributed by atoms with Gasteiger partial charge in [0.1, 0.15) is 23.6 Å². The number of amides is 1. The van der Waals surface area contributed by atoms with Gasteiger partial charge in [-0.25, -0.2) is 19.2 Å². The lowest BCUT2D eigenvalue weighted by atomic mass is 10.2. The van der Waals surface area contributed by atoms with Crippen molar-refractivity contribution in [2.24, 2.45) is 5.73 Å². The molecule has 28 heavy (non-hydrogen) atoms. The zero-order valence-electron chi connectivity index (χ0n) is 13.5. The number of primary amides is 1. The summed E-state index contributed by atoms with van der Waals surface area (Å²) in [6, 6.07) is 4.16. The number of alkyl halides is 3. The molecule has 0 fully saturated rings. The molecule has 8 nitrogen and oxygen atoms in total. The number of nitrogens with zero attached hydrogens (tertiary/aromatic N) is 2. The molecule has 0 saturated heterocycles. The minimum Gasteiger partial charge on any atom is -0.475 e. The maximum absolute atomic E-state index is 13.2. The number of rotatable bonds is 3. The van der Waals surface area contributed by atoms with Crippen molar-refractivity contribution in [2.75, 3.05) is 5.32 Å². The average Bonchev–Trinajstić information content (AvgIpc) is 3.03. The lowest BCUT2D eigenvalue weighted by Crippen LogP contribution is -2.21. The Kier molecular flexibility index (Phi) is 6.03. The molecule has 2 aromatic heterocycles. The second-order valence-electron chi connectivity index (χ2n) is 5.07. The number of hydrogen-bond acceptors (Lipinski definition) is 5. The Hall–Kier alpha value is -3.41. The maximum atomic E-state index is 13.2. The third kappa shape index (κ3) is 4.85. The molecule has 0 radical (unpaired) electrons. The van der Waals surface area contributed by atoms with Gasteiger partial charge in [0.15, 0.2) is 0 Å². The number of anilines is 2. The Balaban J connectivity index is 0.000000345. The van der Waals surface area contributed by atoms with Crippen molar-refractivity contribution in [3.63, 3.8) is 0 Å². The largest absolute Gasteiger partial charge is 0.490 e. The molecule has 1 aromatic carbocycles.